The highest BCUT2D eigenvalue weighted by Gasteiger charge is 2.44. The number of H-pyrrole nitrogens is 1. The van der Waals surface area contributed by atoms with E-state index >= 15 is 0 Å². The fourth-order valence-corrected chi connectivity index (χ4v) is 5.01. The predicted molar refractivity (Wildman–Crippen MR) is 131 cm³/mol. The van der Waals surface area contributed by atoms with Gasteiger partial charge in [0.05, 0.1) is 17.9 Å². The van der Waals surface area contributed by atoms with Crippen LogP contribution in [0.25, 0.3) is 0 Å². The molecule has 0 radical (unpaired) electrons. The summed E-state index contributed by atoms with van der Waals surface area (Å²) in [5.41, 5.74) is 4.02. The summed E-state index contributed by atoms with van der Waals surface area (Å²) in [6.45, 7) is 8.24. The second-order valence-electron chi connectivity index (χ2n) is 9.33. The molecule has 0 aliphatic carbocycles. The van der Waals surface area contributed by atoms with Crippen molar-refractivity contribution in [3.05, 3.63) is 70.1 Å². The van der Waals surface area contributed by atoms with Crippen molar-refractivity contribution in [3.8, 4) is 0 Å². The first-order valence-electron chi connectivity index (χ1n) is 11.5. The third-order valence-electron chi connectivity index (χ3n) is 6.49. The number of rotatable bonds is 5. The zero-order chi connectivity index (χ0) is 23.1. The van der Waals surface area contributed by atoms with Crippen LogP contribution in [0.2, 0.25) is 5.02 Å². The number of nitrogens with one attached hydrogen (secondary N) is 1. The van der Waals surface area contributed by atoms with Gasteiger partial charge in [0.25, 0.3) is 5.91 Å². The molecule has 2 aliphatic heterocycles. The molecule has 8 heteroatoms. The van der Waals surface area contributed by atoms with Crippen LogP contribution in [0.15, 0.2) is 42.6 Å². The van der Waals surface area contributed by atoms with Crippen LogP contribution >= 0.6 is 11.6 Å². The highest BCUT2D eigenvalue weighted by molar-refractivity contribution is 6.31. The Labute approximate surface area is 199 Å². The number of piperazine rings is 1. The third kappa shape index (κ3) is 4.00. The number of aromatic amines is 1. The first kappa shape index (κ1) is 21.9. The van der Waals surface area contributed by atoms with Crippen LogP contribution in [-0.2, 0) is 6.42 Å². The van der Waals surface area contributed by atoms with Gasteiger partial charge in [-0.15, -0.1) is 0 Å². The summed E-state index contributed by atoms with van der Waals surface area (Å²) < 4.78 is 0. The number of pyridine rings is 1. The van der Waals surface area contributed by atoms with E-state index in [0.717, 1.165) is 60.9 Å². The number of carbonyl (C=O) groups is 1. The van der Waals surface area contributed by atoms with Crippen molar-refractivity contribution in [1.29, 1.82) is 0 Å². The van der Waals surface area contributed by atoms with Gasteiger partial charge in [0, 0.05) is 42.5 Å². The van der Waals surface area contributed by atoms with Crippen LogP contribution in [0.5, 0.6) is 0 Å². The molecule has 7 nitrogen and oxygen atoms in total. The van der Waals surface area contributed by atoms with Crippen LogP contribution in [0.1, 0.15) is 47.2 Å². The molecule has 4 heterocycles. The van der Waals surface area contributed by atoms with Crippen LogP contribution in [0, 0.1) is 5.92 Å². The molecule has 2 aliphatic rings. The number of carbonyl (C=O) groups excluding carboxylic acids is 1. The monoisotopic (exact) mass is 464 g/mol. The molecule has 33 heavy (non-hydrogen) atoms. The molecule has 0 spiro atoms. The van der Waals surface area contributed by atoms with Crippen molar-refractivity contribution in [3.63, 3.8) is 0 Å². The molecule has 1 unspecified atom stereocenters. The fourth-order valence-electron chi connectivity index (χ4n) is 4.77. The smallest absolute Gasteiger partial charge is 0.280 e. The Morgan fingerprint density at radius 3 is 2.55 bits per heavy atom. The lowest BCUT2D eigenvalue weighted by Gasteiger charge is -2.33. The highest BCUT2D eigenvalue weighted by Crippen LogP contribution is 2.44. The lowest BCUT2D eigenvalue weighted by molar-refractivity contribution is 0.0988. The van der Waals surface area contributed by atoms with Crippen molar-refractivity contribution >= 4 is 29.0 Å². The Balaban J connectivity index is 1.54. The SMILES string of the molecule is CC(C)Cc1[nH]nc2c1C(c1ccccc1Cl)N(c1ccc(N3CCN(C)CC3)nc1)C2=O. The minimum absolute atomic E-state index is 0.129. The minimum Gasteiger partial charge on any atom is -0.354 e. The summed E-state index contributed by atoms with van der Waals surface area (Å²) in [6.07, 6.45) is 2.61. The predicted octanol–water partition coefficient (Wildman–Crippen LogP) is 4.16. The Hall–Kier alpha value is -2.90. The molecule has 1 fully saturated rings. The lowest BCUT2D eigenvalue weighted by Crippen LogP contribution is -2.44. The van der Waals surface area contributed by atoms with Crippen molar-refractivity contribution in [2.45, 2.75) is 26.3 Å². The average Bonchev–Trinajstić information content (AvgIpc) is 3.33. The molecular formula is C25H29ClN6O. The second-order valence-corrected chi connectivity index (χ2v) is 9.73. The maximum atomic E-state index is 13.6. The first-order chi connectivity index (χ1) is 15.9. The van der Waals surface area contributed by atoms with Gasteiger partial charge in [-0.25, -0.2) is 4.98 Å². The number of nitrogens with zero attached hydrogens (tertiary/aromatic N) is 5. The molecule has 5 rings (SSSR count). The Kier molecular flexibility index (Phi) is 5.85. The molecule has 1 aromatic carbocycles. The largest absolute Gasteiger partial charge is 0.354 e. The minimum atomic E-state index is -0.343. The second kappa shape index (κ2) is 8.80. The van der Waals surface area contributed by atoms with E-state index in [1.807, 2.05) is 36.4 Å². The summed E-state index contributed by atoms with van der Waals surface area (Å²) in [4.78, 5) is 24.7. The maximum Gasteiger partial charge on any atom is 0.280 e. The molecule has 0 saturated carbocycles. The summed E-state index contributed by atoms with van der Waals surface area (Å²) in [7, 11) is 2.14. The van der Waals surface area contributed by atoms with Crippen molar-refractivity contribution in [2.75, 3.05) is 43.0 Å². The zero-order valence-corrected chi connectivity index (χ0v) is 20.0. The third-order valence-corrected chi connectivity index (χ3v) is 6.83. The highest BCUT2D eigenvalue weighted by atomic mass is 35.5. The molecular weight excluding hydrogens is 436 g/mol. The van der Waals surface area contributed by atoms with Gasteiger partial charge in [0.15, 0.2) is 5.69 Å². The number of halogens is 1. The Morgan fingerprint density at radius 1 is 1.12 bits per heavy atom. The van der Waals surface area contributed by atoms with E-state index in [4.69, 9.17) is 16.6 Å². The van der Waals surface area contributed by atoms with E-state index in [9.17, 15) is 4.79 Å². The maximum absolute atomic E-state index is 13.6. The van der Waals surface area contributed by atoms with Gasteiger partial charge < -0.3 is 9.80 Å². The number of aromatic nitrogens is 3. The lowest BCUT2D eigenvalue weighted by atomic mass is 9.95. The van der Waals surface area contributed by atoms with E-state index < -0.39 is 0 Å². The van der Waals surface area contributed by atoms with Crippen LogP contribution in [-0.4, -0.2) is 59.2 Å². The summed E-state index contributed by atoms with van der Waals surface area (Å²) in [5, 5.41) is 8.17. The van der Waals surface area contributed by atoms with Crippen molar-refractivity contribution in [2.24, 2.45) is 5.92 Å². The number of hydrogen-bond donors (Lipinski definition) is 1. The Bertz CT molecular complexity index is 1150. The molecule has 3 aromatic rings. The zero-order valence-electron chi connectivity index (χ0n) is 19.3. The van der Waals surface area contributed by atoms with Gasteiger partial charge in [-0.05, 0) is 43.1 Å². The summed E-state index contributed by atoms with van der Waals surface area (Å²) >= 11 is 6.64. The Morgan fingerprint density at radius 2 is 1.88 bits per heavy atom. The molecule has 1 saturated heterocycles. The molecule has 1 atom stereocenters. The van der Waals surface area contributed by atoms with E-state index in [1.54, 1.807) is 11.1 Å². The van der Waals surface area contributed by atoms with Crippen molar-refractivity contribution in [1.82, 2.24) is 20.1 Å². The van der Waals surface area contributed by atoms with E-state index in [1.165, 1.54) is 0 Å². The quantitative estimate of drug-likeness (QED) is 0.614. The van der Waals surface area contributed by atoms with Crippen LogP contribution in [0.4, 0.5) is 11.5 Å². The number of hydrogen-bond acceptors (Lipinski definition) is 5. The van der Waals surface area contributed by atoms with Gasteiger partial charge in [0.2, 0.25) is 0 Å². The molecule has 2 aromatic heterocycles. The van der Waals surface area contributed by atoms with E-state index in [0.29, 0.717) is 16.6 Å². The fraction of sp³-hybridized carbons (Fsp3) is 0.400. The van der Waals surface area contributed by atoms with Gasteiger partial charge >= 0.3 is 0 Å². The summed E-state index contributed by atoms with van der Waals surface area (Å²) in [6, 6.07) is 11.4. The number of likely N-dealkylation sites (N-methyl/N-ethyl adjacent to an activating group) is 1. The number of fused-ring (bicyclic) bond motifs is 1. The molecule has 172 valence electrons. The first-order valence-corrected chi connectivity index (χ1v) is 11.9. The topological polar surface area (TPSA) is 68.4 Å². The average molecular weight is 465 g/mol. The normalized spacial score (nSPS) is 18.9. The molecule has 0 bridgehead atoms. The number of amides is 1. The number of anilines is 2. The van der Waals surface area contributed by atoms with Gasteiger partial charge in [-0.2, -0.15) is 5.10 Å². The van der Waals surface area contributed by atoms with Crippen molar-refractivity contribution < 1.29 is 4.79 Å². The summed E-state index contributed by atoms with van der Waals surface area (Å²) in [5.74, 6) is 1.23. The van der Waals surface area contributed by atoms with Gasteiger partial charge in [0.1, 0.15) is 5.82 Å². The van der Waals surface area contributed by atoms with E-state index in [2.05, 4.69) is 40.9 Å². The number of benzene rings is 1. The van der Waals surface area contributed by atoms with Gasteiger partial charge in [-0.1, -0.05) is 43.6 Å². The molecule has 1 N–H and O–H groups in total. The van der Waals surface area contributed by atoms with Crippen LogP contribution in [0.3, 0.4) is 0 Å². The standard InChI is InChI=1S/C25H29ClN6O/c1-16(2)14-20-22-23(29-28-20)25(33)32(24(22)18-6-4-5-7-19(18)26)17-8-9-21(27-15-17)31-12-10-30(3)11-13-31/h4-9,15-16,24H,10-14H2,1-3H3,(H,28,29). The van der Waals surface area contributed by atoms with Gasteiger partial charge in [-0.3, -0.25) is 14.8 Å². The van der Waals surface area contributed by atoms with E-state index in [-0.39, 0.29) is 11.9 Å². The van der Waals surface area contributed by atoms with Crippen LogP contribution < -0.4 is 9.80 Å². The molecule has 1 amide bonds.